The summed E-state index contributed by atoms with van der Waals surface area (Å²) in [7, 11) is 1.68. The van der Waals surface area contributed by atoms with Crippen molar-refractivity contribution in [2.45, 2.75) is 51.3 Å². The summed E-state index contributed by atoms with van der Waals surface area (Å²) in [5.41, 5.74) is 7.78. The van der Waals surface area contributed by atoms with Crippen molar-refractivity contribution in [1.29, 1.82) is 0 Å². The van der Waals surface area contributed by atoms with Crippen LogP contribution in [0.25, 0.3) is 33.4 Å². The van der Waals surface area contributed by atoms with E-state index in [1.54, 1.807) is 7.11 Å². The van der Waals surface area contributed by atoms with Crippen LogP contribution in [0.15, 0.2) is 163 Å². The molecule has 8 aromatic rings. The normalized spacial score (nSPS) is 12.2. The van der Waals surface area contributed by atoms with Crippen LogP contribution in [0.3, 0.4) is 0 Å². The van der Waals surface area contributed by atoms with E-state index in [0.717, 1.165) is 75.1 Å². The van der Waals surface area contributed by atoms with E-state index in [1.807, 2.05) is 64.7 Å². The highest BCUT2D eigenvalue weighted by molar-refractivity contribution is 5.81. The molecule has 0 saturated heterocycles. The van der Waals surface area contributed by atoms with E-state index in [4.69, 9.17) is 20.0 Å². The van der Waals surface area contributed by atoms with Gasteiger partial charge in [-0.1, -0.05) is 159 Å². The number of fused-ring (bicyclic) bond motifs is 1. The van der Waals surface area contributed by atoms with Gasteiger partial charge in [0, 0.05) is 19.1 Å². The first kappa shape index (κ1) is 36.5. The predicted molar refractivity (Wildman–Crippen MR) is 222 cm³/mol. The highest BCUT2D eigenvalue weighted by atomic mass is 16.5. The molecule has 0 radical (unpaired) electrons. The molecule has 6 aromatic carbocycles. The predicted octanol–water partition coefficient (Wildman–Crippen LogP) is 9.66. The van der Waals surface area contributed by atoms with Gasteiger partial charge >= 0.3 is 0 Å². The number of rotatable bonds is 13. The van der Waals surface area contributed by atoms with Crippen LogP contribution in [0.5, 0.6) is 0 Å². The highest BCUT2D eigenvalue weighted by Crippen LogP contribution is 2.43. The SMILES string of the molecule is CCCCc1nc2ccc(C(C)OC)cc2c(=O)n1Cc1ccc(-c2ccccc2-c2nnnn2C(c2ccccc2)(c2ccccc2)c2ccccc2)cc1. The standard InChI is InChI=1S/C48H44N6O2/c1-4-5-25-45-49-44-31-30-37(34(2)56-3)32-43(44)47(55)53(45)33-35-26-28-36(29-27-35)41-23-15-16-24-42(41)46-50-51-52-54(46)48(38-17-9-6-10-18-38,39-19-11-7-12-20-39)40-21-13-8-14-22-40/h6-24,26-32,34H,4-5,25,33H2,1-3H3. The third kappa shape index (κ3) is 6.73. The average molecular weight is 737 g/mol. The Kier molecular flexibility index (Phi) is 10.5. The van der Waals surface area contributed by atoms with Gasteiger partial charge in [-0.25, -0.2) is 9.67 Å². The second-order valence-corrected chi connectivity index (χ2v) is 14.1. The number of aromatic nitrogens is 6. The lowest BCUT2D eigenvalue weighted by atomic mass is 9.77. The molecule has 0 aliphatic heterocycles. The molecule has 1 unspecified atom stereocenters. The van der Waals surface area contributed by atoms with Crippen molar-refractivity contribution in [1.82, 2.24) is 29.8 Å². The molecule has 8 heteroatoms. The molecule has 0 saturated carbocycles. The summed E-state index contributed by atoms with van der Waals surface area (Å²) in [6.45, 7) is 4.55. The number of benzene rings is 6. The van der Waals surface area contributed by atoms with E-state index in [9.17, 15) is 4.79 Å². The van der Waals surface area contributed by atoms with Crippen LogP contribution in [-0.2, 0) is 23.2 Å². The van der Waals surface area contributed by atoms with Gasteiger partial charge in [-0.05, 0) is 74.8 Å². The molecule has 0 aliphatic rings. The van der Waals surface area contributed by atoms with E-state index in [1.165, 1.54) is 0 Å². The van der Waals surface area contributed by atoms with E-state index >= 15 is 0 Å². The van der Waals surface area contributed by atoms with Crippen LogP contribution < -0.4 is 5.56 Å². The minimum absolute atomic E-state index is 0.0359. The maximum Gasteiger partial charge on any atom is 0.261 e. The molecule has 2 aromatic heterocycles. The zero-order valence-corrected chi connectivity index (χ0v) is 31.9. The monoisotopic (exact) mass is 736 g/mol. The Labute approximate surface area is 327 Å². The number of methoxy groups -OCH3 is 1. The first-order valence-electron chi connectivity index (χ1n) is 19.2. The molecule has 0 N–H and O–H groups in total. The fourth-order valence-electron chi connectivity index (χ4n) is 7.75. The number of hydrogen-bond donors (Lipinski definition) is 0. The smallest absolute Gasteiger partial charge is 0.261 e. The molecule has 8 rings (SSSR count). The van der Waals surface area contributed by atoms with Crippen molar-refractivity contribution in [2.75, 3.05) is 7.11 Å². The van der Waals surface area contributed by atoms with Crippen molar-refractivity contribution >= 4 is 10.9 Å². The fourth-order valence-corrected chi connectivity index (χ4v) is 7.75. The van der Waals surface area contributed by atoms with Gasteiger partial charge in [0.15, 0.2) is 5.82 Å². The molecule has 2 heterocycles. The Balaban J connectivity index is 1.21. The maximum atomic E-state index is 14.1. The molecule has 0 aliphatic carbocycles. The molecular weight excluding hydrogens is 693 g/mol. The minimum Gasteiger partial charge on any atom is -0.377 e. The second-order valence-electron chi connectivity index (χ2n) is 14.1. The summed E-state index contributed by atoms with van der Waals surface area (Å²) in [5, 5.41) is 14.4. The summed E-state index contributed by atoms with van der Waals surface area (Å²) in [6.07, 6.45) is 2.57. The Hall–Kier alpha value is -6.51. The molecular formula is C48H44N6O2. The quantitative estimate of drug-likeness (QED) is 0.110. The van der Waals surface area contributed by atoms with Crippen LogP contribution in [0.4, 0.5) is 0 Å². The van der Waals surface area contributed by atoms with Crippen LogP contribution in [0.2, 0.25) is 0 Å². The largest absolute Gasteiger partial charge is 0.377 e. The molecule has 278 valence electrons. The molecule has 0 bridgehead atoms. The van der Waals surface area contributed by atoms with Gasteiger partial charge in [0.25, 0.3) is 5.56 Å². The van der Waals surface area contributed by atoms with E-state index < -0.39 is 5.54 Å². The lowest BCUT2D eigenvalue weighted by molar-refractivity contribution is 0.119. The summed E-state index contributed by atoms with van der Waals surface area (Å²) in [6, 6.07) is 53.8. The van der Waals surface area contributed by atoms with Crippen molar-refractivity contribution < 1.29 is 4.74 Å². The highest BCUT2D eigenvalue weighted by Gasteiger charge is 2.42. The average Bonchev–Trinajstić information content (AvgIpc) is 3.75. The van der Waals surface area contributed by atoms with E-state index in [2.05, 4.69) is 121 Å². The maximum absolute atomic E-state index is 14.1. The number of ether oxygens (including phenoxy) is 1. The summed E-state index contributed by atoms with van der Waals surface area (Å²) in [4.78, 5) is 19.1. The summed E-state index contributed by atoms with van der Waals surface area (Å²) in [5.74, 6) is 1.44. The molecule has 0 amide bonds. The van der Waals surface area contributed by atoms with Crippen LogP contribution in [0.1, 0.15) is 66.4 Å². The van der Waals surface area contributed by atoms with Crippen molar-refractivity contribution in [3.63, 3.8) is 0 Å². The van der Waals surface area contributed by atoms with Gasteiger partial charge in [0.05, 0.1) is 23.6 Å². The van der Waals surface area contributed by atoms with Crippen LogP contribution >= 0.6 is 0 Å². The van der Waals surface area contributed by atoms with Crippen molar-refractivity contribution in [2.24, 2.45) is 0 Å². The first-order valence-corrected chi connectivity index (χ1v) is 19.2. The first-order chi connectivity index (χ1) is 27.5. The van der Waals surface area contributed by atoms with Gasteiger partial charge in [-0.3, -0.25) is 9.36 Å². The number of aryl methyl sites for hydroxylation is 1. The zero-order chi connectivity index (χ0) is 38.5. The summed E-state index contributed by atoms with van der Waals surface area (Å²) >= 11 is 0. The third-order valence-corrected chi connectivity index (χ3v) is 10.8. The molecule has 0 spiro atoms. The van der Waals surface area contributed by atoms with E-state index in [0.29, 0.717) is 17.8 Å². The summed E-state index contributed by atoms with van der Waals surface area (Å²) < 4.78 is 9.36. The fraction of sp³-hybridized carbons (Fsp3) is 0.188. The number of nitrogens with zero attached hydrogens (tertiary/aromatic N) is 6. The lowest BCUT2D eigenvalue weighted by Crippen LogP contribution is -2.39. The van der Waals surface area contributed by atoms with Crippen LogP contribution in [0, 0.1) is 0 Å². The Morgan fingerprint density at radius 1 is 0.714 bits per heavy atom. The Bertz CT molecular complexity index is 2520. The number of unbranched alkanes of at least 4 members (excludes halogenated alkanes) is 1. The van der Waals surface area contributed by atoms with Crippen molar-refractivity contribution in [3.8, 4) is 22.5 Å². The Morgan fingerprint density at radius 2 is 1.30 bits per heavy atom. The number of hydrogen-bond acceptors (Lipinski definition) is 6. The van der Waals surface area contributed by atoms with Crippen molar-refractivity contribution in [3.05, 3.63) is 202 Å². The second kappa shape index (κ2) is 16.1. The molecule has 0 fully saturated rings. The van der Waals surface area contributed by atoms with Gasteiger partial charge in [-0.2, -0.15) is 0 Å². The van der Waals surface area contributed by atoms with Crippen LogP contribution in [-0.4, -0.2) is 36.9 Å². The van der Waals surface area contributed by atoms with Gasteiger partial charge < -0.3 is 4.74 Å². The van der Waals surface area contributed by atoms with E-state index in [-0.39, 0.29) is 11.7 Å². The topological polar surface area (TPSA) is 87.7 Å². The minimum atomic E-state index is -0.876. The Morgan fingerprint density at radius 3 is 1.89 bits per heavy atom. The molecule has 56 heavy (non-hydrogen) atoms. The van der Waals surface area contributed by atoms with Gasteiger partial charge in [0.2, 0.25) is 0 Å². The molecule has 1 atom stereocenters. The zero-order valence-electron chi connectivity index (χ0n) is 31.9. The van der Waals surface area contributed by atoms with Gasteiger partial charge in [-0.15, -0.1) is 5.10 Å². The lowest BCUT2D eigenvalue weighted by Gasteiger charge is -2.36. The molecule has 8 nitrogen and oxygen atoms in total. The van der Waals surface area contributed by atoms with Gasteiger partial charge in [0.1, 0.15) is 11.4 Å². The number of tetrazole rings is 1. The third-order valence-electron chi connectivity index (χ3n) is 10.8.